The number of benzene rings is 2. The lowest BCUT2D eigenvalue weighted by molar-refractivity contribution is 0.266. The van der Waals surface area contributed by atoms with Gasteiger partial charge in [-0.15, -0.1) is 0 Å². The summed E-state index contributed by atoms with van der Waals surface area (Å²) in [5, 5.41) is 0. The average molecular weight is 392 g/mol. The van der Waals surface area contributed by atoms with Crippen molar-refractivity contribution in [2.45, 2.75) is 24.4 Å². The van der Waals surface area contributed by atoms with E-state index >= 15 is 0 Å². The molecule has 0 saturated carbocycles. The molecular weight excluding hydrogens is 364 g/mol. The van der Waals surface area contributed by atoms with E-state index < -0.39 is 0 Å². The number of fused-ring (bicyclic) bond motifs is 3. The van der Waals surface area contributed by atoms with E-state index in [2.05, 4.69) is 49.3 Å². The number of rotatable bonds is 5. The molecule has 0 spiro atoms. The van der Waals surface area contributed by atoms with Crippen molar-refractivity contribution in [3.8, 4) is 17.2 Å². The summed E-state index contributed by atoms with van der Waals surface area (Å²) in [6.07, 6.45) is 5.48. The maximum Gasteiger partial charge on any atom is 0.204 e. The van der Waals surface area contributed by atoms with E-state index in [-0.39, 0.29) is 18.0 Å². The molecule has 0 N–H and O–H groups in total. The highest BCUT2D eigenvalue weighted by Crippen LogP contribution is 2.49. The largest absolute Gasteiger partial charge is 0.493 e. The van der Waals surface area contributed by atoms with Crippen LogP contribution in [0.5, 0.6) is 17.2 Å². The van der Waals surface area contributed by atoms with E-state index in [1.165, 1.54) is 5.56 Å². The highest BCUT2D eigenvalue weighted by Gasteiger charge is 2.40. The van der Waals surface area contributed by atoms with Crippen LogP contribution >= 0.6 is 0 Å². The molecular formula is C24H28N2O3. The van der Waals surface area contributed by atoms with Crippen LogP contribution in [-0.4, -0.2) is 58.1 Å². The van der Waals surface area contributed by atoms with Gasteiger partial charge in [-0.1, -0.05) is 42.5 Å². The van der Waals surface area contributed by atoms with Gasteiger partial charge in [-0.05, 0) is 32.1 Å². The Labute approximate surface area is 172 Å². The quantitative estimate of drug-likeness (QED) is 0.724. The van der Waals surface area contributed by atoms with Crippen molar-refractivity contribution in [1.82, 2.24) is 4.90 Å². The summed E-state index contributed by atoms with van der Waals surface area (Å²) >= 11 is 0. The second kappa shape index (κ2) is 7.91. The average Bonchev–Trinajstić information content (AvgIpc) is 2.76. The second-order valence-electron chi connectivity index (χ2n) is 7.67. The lowest BCUT2D eigenvalue weighted by atomic mass is 9.75. The number of hydrogen-bond acceptors (Lipinski definition) is 5. The first-order valence-corrected chi connectivity index (χ1v) is 9.90. The van der Waals surface area contributed by atoms with Gasteiger partial charge in [-0.2, -0.15) is 0 Å². The Balaban J connectivity index is 2.02. The van der Waals surface area contributed by atoms with Gasteiger partial charge in [0.2, 0.25) is 5.75 Å². The summed E-state index contributed by atoms with van der Waals surface area (Å²) in [6.45, 7) is 0. The van der Waals surface area contributed by atoms with Gasteiger partial charge >= 0.3 is 0 Å². The van der Waals surface area contributed by atoms with E-state index in [0.29, 0.717) is 17.2 Å². The third kappa shape index (κ3) is 3.19. The van der Waals surface area contributed by atoms with Crippen LogP contribution in [0, 0.1) is 0 Å². The molecule has 0 amide bonds. The fraction of sp³-hybridized carbons (Fsp3) is 0.375. The van der Waals surface area contributed by atoms with Crippen LogP contribution in [0.2, 0.25) is 0 Å². The van der Waals surface area contributed by atoms with Gasteiger partial charge < -0.3 is 19.1 Å². The molecule has 4 rings (SSSR count). The number of methoxy groups -OCH3 is 3. The summed E-state index contributed by atoms with van der Waals surface area (Å²) in [7, 11) is 9.21. The van der Waals surface area contributed by atoms with Crippen molar-refractivity contribution in [2.24, 2.45) is 4.99 Å². The lowest BCUT2D eigenvalue weighted by Gasteiger charge is -2.40. The topological polar surface area (TPSA) is 43.3 Å². The standard InChI is InChI=1S/C24H28N2O3/c1-26(2)18-13-9-12-16-17-14-19(27-3)23(28-4)24(29-5)20(17)21(25-22(16)18)15-10-7-6-8-11-15/h6-11,13-14,16,18,22H,12H2,1-5H3/t16-,18-,22?/m0/s1. The van der Waals surface area contributed by atoms with E-state index in [0.717, 1.165) is 23.3 Å². The Hall–Kier alpha value is -2.79. The van der Waals surface area contributed by atoms with Crippen LogP contribution in [0.15, 0.2) is 53.5 Å². The van der Waals surface area contributed by atoms with Gasteiger partial charge in [-0.3, -0.25) is 4.99 Å². The van der Waals surface area contributed by atoms with Crippen molar-refractivity contribution in [1.29, 1.82) is 0 Å². The van der Waals surface area contributed by atoms with Gasteiger partial charge in [0.25, 0.3) is 0 Å². The van der Waals surface area contributed by atoms with E-state index in [9.17, 15) is 0 Å². The first-order chi connectivity index (χ1) is 14.1. The fourth-order valence-corrected chi connectivity index (χ4v) is 4.55. The van der Waals surface area contributed by atoms with Gasteiger partial charge in [0.15, 0.2) is 11.5 Å². The number of aliphatic imine (C=N–C) groups is 1. The smallest absolute Gasteiger partial charge is 0.204 e. The number of allylic oxidation sites excluding steroid dienone is 1. The third-order valence-corrected chi connectivity index (χ3v) is 5.90. The van der Waals surface area contributed by atoms with Crippen LogP contribution in [0.3, 0.4) is 0 Å². The van der Waals surface area contributed by atoms with Crippen LogP contribution in [0.25, 0.3) is 0 Å². The minimum atomic E-state index is 0.125. The van der Waals surface area contributed by atoms with Crippen molar-refractivity contribution in [3.63, 3.8) is 0 Å². The molecule has 5 heteroatoms. The van der Waals surface area contributed by atoms with Crippen LogP contribution < -0.4 is 14.2 Å². The molecule has 1 aliphatic carbocycles. The minimum Gasteiger partial charge on any atom is -0.493 e. The van der Waals surface area contributed by atoms with E-state index in [4.69, 9.17) is 19.2 Å². The molecule has 1 aliphatic heterocycles. The molecule has 5 nitrogen and oxygen atoms in total. The number of nitrogens with zero attached hydrogens (tertiary/aromatic N) is 2. The predicted molar refractivity (Wildman–Crippen MR) is 116 cm³/mol. The Morgan fingerprint density at radius 3 is 2.31 bits per heavy atom. The van der Waals surface area contributed by atoms with Crippen LogP contribution in [0.4, 0.5) is 0 Å². The minimum absolute atomic E-state index is 0.125. The zero-order valence-electron chi connectivity index (χ0n) is 17.7. The molecule has 1 heterocycles. The summed E-state index contributed by atoms with van der Waals surface area (Å²) in [4.78, 5) is 7.54. The highest BCUT2D eigenvalue weighted by molar-refractivity contribution is 6.17. The Bertz CT molecular complexity index is 950. The first-order valence-electron chi connectivity index (χ1n) is 9.90. The van der Waals surface area contributed by atoms with Crippen LogP contribution in [-0.2, 0) is 0 Å². The molecule has 0 saturated heterocycles. The van der Waals surface area contributed by atoms with Gasteiger partial charge in [0.1, 0.15) is 0 Å². The molecule has 3 atom stereocenters. The molecule has 2 aromatic rings. The van der Waals surface area contributed by atoms with Crippen molar-refractivity contribution in [3.05, 3.63) is 65.2 Å². The molecule has 1 unspecified atom stereocenters. The zero-order valence-corrected chi connectivity index (χ0v) is 17.7. The van der Waals surface area contributed by atoms with E-state index in [1.54, 1.807) is 21.3 Å². The molecule has 29 heavy (non-hydrogen) atoms. The van der Waals surface area contributed by atoms with Gasteiger partial charge in [0, 0.05) is 11.5 Å². The monoisotopic (exact) mass is 392 g/mol. The first kappa shape index (κ1) is 19.5. The molecule has 0 fully saturated rings. The fourth-order valence-electron chi connectivity index (χ4n) is 4.55. The maximum absolute atomic E-state index is 5.87. The highest BCUT2D eigenvalue weighted by atomic mass is 16.5. The Morgan fingerprint density at radius 1 is 0.966 bits per heavy atom. The van der Waals surface area contributed by atoms with Gasteiger partial charge in [-0.25, -0.2) is 0 Å². The predicted octanol–water partition coefficient (Wildman–Crippen LogP) is 3.91. The zero-order chi connectivity index (χ0) is 20.5. The Kier molecular flexibility index (Phi) is 5.33. The molecule has 0 aromatic heterocycles. The molecule has 152 valence electrons. The molecule has 2 aliphatic rings. The number of ether oxygens (including phenoxy) is 3. The van der Waals surface area contributed by atoms with E-state index in [1.807, 2.05) is 18.2 Å². The molecule has 0 bridgehead atoms. The van der Waals surface area contributed by atoms with Gasteiger partial charge in [0.05, 0.1) is 44.7 Å². The summed E-state index contributed by atoms with van der Waals surface area (Å²) in [6, 6.07) is 12.8. The van der Waals surface area contributed by atoms with Crippen molar-refractivity contribution >= 4 is 5.71 Å². The maximum atomic E-state index is 5.87. The summed E-state index contributed by atoms with van der Waals surface area (Å²) in [5.41, 5.74) is 4.23. The third-order valence-electron chi connectivity index (χ3n) is 5.90. The van der Waals surface area contributed by atoms with Crippen molar-refractivity contribution in [2.75, 3.05) is 35.4 Å². The second-order valence-corrected chi connectivity index (χ2v) is 7.67. The van der Waals surface area contributed by atoms with Crippen LogP contribution in [0.1, 0.15) is 29.0 Å². The Morgan fingerprint density at radius 2 is 1.69 bits per heavy atom. The molecule has 0 radical (unpaired) electrons. The number of likely N-dealkylation sites (N-methyl/N-ethyl adjacent to an activating group) is 1. The lowest BCUT2D eigenvalue weighted by Crippen LogP contribution is -2.44. The SMILES string of the molecule is COc1cc2c(c(OC)c1OC)C(c1ccccc1)=NC1[C@H]2CC=C[C@@H]1N(C)C. The van der Waals surface area contributed by atoms with Crippen molar-refractivity contribution < 1.29 is 14.2 Å². The normalized spacial score (nSPS) is 22.6. The summed E-state index contributed by atoms with van der Waals surface area (Å²) in [5.74, 6) is 2.22. The number of hydrogen-bond donors (Lipinski definition) is 0. The molecule has 2 aromatic carbocycles. The summed E-state index contributed by atoms with van der Waals surface area (Å²) < 4.78 is 17.2.